The van der Waals surface area contributed by atoms with E-state index in [1.165, 1.54) is 0 Å². The first kappa shape index (κ1) is 13.8. The van der Waals surface area contributed by atoms with Crippen LogP contribution in [0.5, 0.6) is 11.5 Å². The van der Waals surface area contributed by atoms with Crippen LogP contribution in [0.25, 0.3) is 0 Å². The van der Waals surface area contributed by atoms with E-state index in [2.05, 4.69) is 0 Å². The van der Waals surface area contributed by atoms with Crippen molar-refractivity contribution < 1.29 is 14.6 Å². The smallest absolute Gasteiger partial charge is 0.122 e. The van der Waals surface area contributed by atoms with Crippen LogP contribution in [-0.2, 0) is 0 Å². The fourth-order valence-corrected chi connectivity index (χ4v) is 1.97. The van der Waals surface area contributed by atoms with E-state index in [0.29, 0.717) is 6.42 Å². The molecular formula is C13H21NO3. The van der Waals surface area contributed by atoms with Gasteiger partial charge in [-0.15, -0.1) is 0 Å². The predicted molar refractivity (Wildman–Crippen MR) is 67.6 cm³/mol. The van der Waals surface area contributed by atoms with E-state index >= 15 is 0 Å². The van der Waals surface area contributed by atoms with Gasteiger partial charge in [-0.25, -0.2) is 0 Å². The van der Waals surface area contributed by atoms with Crippen LogP contribution in [0.3, 0.4) is 0 Å². The summed E-state index contributed by atoms with van der Waals surface area (Å²) in [4.78, 5) is 0. The Labute approximate surface area is 102 Å². The summed E-state index contributed by atoms with van der Waals surface area (Å²) in [6, 6.07) is 5.58. The molecule has 0 fully saturated rings. The van der Waals surface area contributed by atoms with E-state index in [4.69, 9.17) is 20.3 Å². The highest BCUT2D eigenvalue weighted by Gasteiger charge is 2.20. The molecule has 1 aromatic carbocycles. The number of benzene rings is 1. The van der Waals surface area contributed by atoms with Gasteiger partial charge in [0.05, 0.1) is 14.2 Å². The first-order chi connectivity index (χ1) is 8.13. The summed E-state index contributed by atoms with van der Waals surface area (Å²) >= 11 is 0. The predicted octanol–water partition coefficient (Wildman–Crippen LogP) is 1.52. The summed E-state index contributed by atoms with van der Waals surface area (Å²) in [5, 5.41) is 9.11. The molecule has 1 rings (SSSR count). The molecule has 4 heteroatoms. The van der Waals surface area contributed by atoms with Crippen LogP contribution in [0, 0.1) is 0 Å². The molecule has 4 nitrogen and oxygen atoms in total. The molecule has 0 aliphatic heterocycles. The van der Waals surface area contributed by atoms with Crippen LogP contribution in [0.15, 0.2) is 18.2 Å². The zero-order valence-electron chi connectivity index (χ0n) is 10.6. The Bertz CT molecular complexity index is 353. The van der Waals surface area contributed by atoms with Gasteiger partial charge in [0.25, 0.3) is 0 Å². The Morgan fingerprint density at radius 1 is 1.29 bits per heavy atom. The van der Waals surface area contributed by atoms with Gasteiger partial charge in [0.15, 0.2) is 0 Å². The Morgan fingerprint density at radius 2 is 2.00 bits per heavy atom. The van der Waals surface area contributed by atoms with Crippen LogP contribution in [-0.4, -0.2) is 32.0 Å². The third-order valence-electron chi connectivity index (χ3n) is 2.91. The average Bonchev–Trinajstić information content (AvgIpc) is 2.34. The topological polar surface area (TPSA) is 64.7 Å². The Morgan fingerprint density at radius 3 is 2.47 bits per heavy atom. The Kier molecular flexibility index (Phi) is 5.25. The van der Waals surface area contributed by atoms with Crippen molar-refractivity contribution in [3.05, 3.63) is 23.8 Å². The monoisotopic (exact) mass is 239 g/mol. The van der Waals surface area contributed by atoms with Gasteiger partial charge in [-0.1, -0.05) is 0 Å². The van der Waals surface area contributed by atoms with Gasteiger partial charge in [-0.2, -0.15) is 0 Å². The summed E-state index contributed by atoms with van der Waals surface area (Å²) in [6.45, 7) is 2.03. The molecule has 0 radical (unpaired) electrons. The minimum absolute atomic E-state index is 0.0526. The van der Waals surface area contributed by atoms with Gasteiger partial charge in [0.1, 0.15) is 11.5 Å². The van der Waals surface area contributed by atoms with E-state index in [0.717, 1.165) is 17.1 Å². The number of hydrogen-bond acceptors (Lipinski definition) is 4. The molecular weight excluding hydrogens is 218 g/mol. The molecule has 0 aliphatic carbocycles. The molecule has 1 aromatic rings. The number of rotatable bonds is 6. The highest BCUT2D eigenvalue weighted by atomic mass is 16.5. The first-order valence-electron chi connectivity index (χ1n) is 5.72. The van der Waals surface area contributed by atoms with E-state index in [1.807, 2.05) is 25.1 Å². The highest BCUT2D eigenvalue weighted by molar-refractivity contribution is 5.43. The minimum atomic E-state index is -0.0526. The molecule has 0 bridgehead atoms. The van der Waals surface area contributed by atoms with Crippen LogP contribution in [0.1, 0.15) is 24.8 Å². The van der Waals surface area contributed by atoms with Gasteiger partial charge in [-0.3, -0.25) is 0 Å². The Hall–Kier alpha value is -1.26. The second-order valence-corrected chi connectivity index (χ2v) is 4.09. The summed E-state index contributed by atoms with van der Waals surface area (Å²) in [7, 11) is 3.25. The number of nitrogens with two attached hydrogens (primary N) is 1. The molecule has 2 atom stereocenters. The molecule has 0 spiro atoms. The third-order valence-corrected chi connectivity index (χ3v) is 2.91. The maximum atomic E-state index is 9.11. The van der Waals surface area contributed by atoms with Crippen LogP contribution >= 0.6 is 0 Å². The van der Waals surface area contributed by atoms with Gasteiger partial charge in [0, 0.05) is 24.1 Å². The lowest BCUT2D eigenvalue weighted by atomic mass is 9.89. The second-order valence-electron chi connectivity index (χ2n) is 4.09. The first-order valence-corrected chi connectivity index (χ1v) is 5.72. The van der Waals surface area contributed by atoms with Crippen molar-refractivity contribution in [1.29, 1.82) is 0 Å². The zero-order valence-corrected chi connectivity index (χ0v) is 10.6. The lowest BCUT2D eigenvalue weighted by molar-refractivity contribution is 0.267. The molecule has 0 aromatic heterocycles. The van der Waals surface area contributed by atoms with Crippen LogP contribution in [0.4, 0.5) is 0 Å². The molecule has 0 amide bonds. The van der Waals surface area contributed by atoms with Gasteiger partial charge in [-0.05, 0) is 31.5 Å². The molecule has 96 valence electrons. The normalized spacial score (nSPS) is 14.2. The van der Waals surface area contributed by atoms with Crippen molar-refractivity contribution in [1.82, 2.24) is 0 Å². The van der Waals surface area contributed by atoms with E-state index in [-0.39, 0.29) is 18.6 Å². The minimum Gasteiger partial charge on any atom is -0.497 e. The highest BCUT2D eigenvalue weighted by Crippen LogP contribution is 2.33. The maximum Gasteiger partial charge on any atom is 0.122 e. The average molecular weight is 239 g/mol. The SMILES string of the molecule is COc1ccc(OC)c(C(CCO)C(C)N)c1. The summed E-state index contributed by atoms with van der Waals surface area (Å²) in [5.74, 6) is 1.61. The maximum absolute atomic E-state index is 9.11. The largest absolute Gasteiger partial charge is 0.497 e. The van der Waals surface area contributed by atoms with Crippen molar-refractivity contribution in [2.24, 2.45) is 5.73 Å². The van der Waals surface area contributed by atoms with Gasteiger partial charge < -0.3 is 20.3 Å². The van der Waals surface area contributed by atoms with Crippen molar-refractivity contribution in [3.63, 3.8) is 0 Å². The molecule has 2 unspecified atom stereocenters. The van der Waals surface area contributed by atoms with Gasteiger partial charge in [0.2, 0.25) is 0 Å². The van der Waals surface area contributed by atoms with Crippen LogP contribution < -0.4 is 15.2 Å². The number of ether oxygens (including phenoxy) is 2. The van der Waals surface area contributed by atoms with E-state index in [9.17, 15) is 0 Å². The van der Waals surface area contributed by atoms with Gasteiger partial charge >= 0.3 is 0 Å². The van der Waals surface area contributed by atoms with Crippen molar-refractivity contribution >= 4 is 0 Å². The number of hydrogen-bond donors (Lipinski definition) is 2. The number of methoxy groups -OCH3 is 2. The lowest BCUT2D eigenvalue weighted by Crippen LogP contribution is -2.26. The quantitative estimate of drug-likeness (QED) is 0.790. The van der Waals surface area contributed by atoms with Crippen LogP contribution in [0.2, 0.25) is 0 Å². The lowest BCUT2D eigenvalue weighted by Gasteiger charge is -2.23. The fourth-order valence-electron chi connectivity index (χ4n) is 1.97. The summed E-state index contributed by atoms with van der Waals surface area (Å²) in [6.07, 6.45) is 0.612. The molecule has 0 aliphatic rings. The standard InChI is InChI=1S/C13H21NO3/c1-9(14)11(6-7-15)12-8-10(16-2)4-5-13(12)17-3/h4-5,8-9,11,15H,6-7,14H2,1-3H3. The third kappa shape index (κ3) is 3.35. The molecule has 3 N–H and O–H groups in total. The second kappa shape index (κ2) is 6.47. The molecule has 0 heterocycles. The summed E-state index contributed by atoms with van der Waals surface area (Å²) in [5.41, 5.74) is 6.94. The van der Waals surface area contributed by atoms with E-state index < -0.39 is 0 Å². The fraction of sp³-hybridized carbons (Fsp3) is 0.538. The molecule has 17 heavy (non-hydrogen) atoms. The van der Waals surface area contributed by atoms with Crippen molar-refractivity contribution in [2.75, 3.05) is 20.8 Å². The number of aliphatic hydroxyl groups is 1. The molecule has 0 saturated carbocycles. The van der Waals surface area contributed by atoms with Crippen molar-refractivity contribution in [2.45, 2.75) is 25.3 Å². The Balaban J connectivity index is 3.13. The zero-order chi connectivity index (χ0) is 12.8. The van der Waals surface area contributed by atoms with E-state index in [1.54, 1.807) is 14.2 Å². The van der Waals surface area contributed by atoms with Crippen molar-refractivity contribution in [3.8, 4) is 11.5 Å². The molecule has 0 saturated heterocycles. The summed E-state index contributed by atoms with van der Waals surface area (Å²) < 4.78 is 10.5. The number of aliphatic hydroxyl groups excluding tert-OH is 1.